The van der Waals surface area contributed by atoms with Crippen LogP contribution in [0.1, 0.15) is 19.4 Å². The van der Waals surface area contributed by atoms with Crippen LogP contribution in [-0.2, 0) is 6.18 Å². The SMILES string of the molecule is CC(C)CN(C)c1cc(NC(=O)O)c(N)cc1C(F)(F)F. The minimum atomic E-state index is -4.57. The zero-order valence-electron chi connectivity index (χ0n) is 12.0. The van der Waals surface area contributed by atoms with Crippen LogP contribution >= 0.6 is 0 Å². The third kappa shape index (κ3) is 4.44. The number of carboxylic acid groups (broad SMARTS) is 1. The van der Waals surface area contributed by atoms with Gasteiger partial charge in [0.1, 0.15) is 0 Å². The Balaban J connectivity index is 3.37. The predicted octanol–water partition coefficient (Wildman–Crippen LogP) is 3.47. The first-order valence-electron chi connectivity index (χ1n) is 6.24. The van der Waals surface area contributed by atoms with Crippen LogP contribution in [0.25, 0.3) is 0 Å². The van der Waals surface area contributed by atoms with Gasteiger partial charge in [-0.1, -0.05) is 13.8 Å². The molecule has 0 saturated carbocycles. The fourth-order valence-electron chi connectivity index (χ4n) is 2.02. The zero-order chi connectivity index (χ0) is 16.4. The number of anilines is 3. The first-order valence-corrected chi connectivity index (χ1v) is 6.24. The summed E-state index contributed by atoms with van der Waals surface area (Å²) in [4.78, 5) is 12.1. The van der Waals surface area contributed by atoms with Crippen molar-refractivity contribution in [3.8, 4) is 0 Å². The number of nitrogens with zero attached hydrogens (tertiary/aromatic N) is 1. The largest absolute Gasteiger partial charge is 0.465 e. The fourth-order valence-corrected chi connectivity index (χ4v) is 2.02. The van der Waals surface area contributed by atoms with Crippen LogP contribution in [0.15, 0.2) is 12.1 Å². The highest BCUT2D eigenvalue weighted by atomic mass is 19.4. The molecule has 0 aromatic heterocycles. The van der Waals surface area contributed by atoms with E-state index in [9.17, 15) is 18.0 Å². The van der Waals surface area contributed by atoms with E-state index in [1.807, 2.05) is 19.2 Å². The number of nitrogens with two attached hydrogens (primary N) is 1. The molecule has 0 spiro atoms. The van der Waals surface area contributed by atoms with Gasteiger partial charge < -0.3 is 15.7 Å². The summed E-state index contributed by atoms with van der Waals surface area (Å²) in [6.07, 6.45) is -5.96. The topological polar surface area (TPSA) is 78.6 Å². The van der Waals surface area contributed by atoms with Crippen molar-refractivity contribution >= 4 is 23.2 Å². The Kier molecular flexibility index (Phi) is 4.93. The molecule has 5 nitrogen and oxygen atoms in total. The van der Waals surface area contributed by atoms with E-state index in [1.165, 1.54) is 11.9 Å². The number of hydrogen-bond acceptors (Lipinski definition) is 3. The first kappa shape index (κ1) is 16.9. The molecule has 0 saturated heterocycles. The maximum Gasteiger partial charge on any atom is 0.418 e. The molecular weight excluding hydrogens is 287 g/mol. The average Bonchev–Trinajstić information content (AvgIpc) is 2.28. The summed E-state index contributed by atoms with van der Waals surface area (Å²) in [6, 6.07) is 1.85. The van der Waals surface area contributed by atoms with E-state index >= 15 is 0 Å². The van der Waals surface area contributed by atoms with Gasteiger partial charge in [0.2, 0.25) is 0 Å². The number of alkyl halides is 3. The number of hydrogen-bond donors (Lipinski definition) is 3. The molecule has 1 aromatic carbocycles. The Morgan fingerprint density at radius 3 is 2.43 bits per heavy atom. The molecule has 0 bridgehead atoms. The summed E-state index contributed by atoms with van der Waals surface area (Å²) in [7, 11) is 1.52. The molecule has 21 heavy (non-hydrogen) atoms. The number of benzene rings is 1. The van der Waals surface area contributed by atoms with E-state index in [1.54, 1.807) is 0 Å². The average molecular weight is 305 g/mol. The highest BCUT2D eigenvalue weighted by Gasteiger charge is 2.35. The maximum absolute atomic E-state index is 13.1. The van der Waals surface area contributed by atoms with Gasteiger partial charge in [-0.2, -0.15) is 13.2 Å². The lowest BCUT2D eigenvalue weighted by Gasteiger charge is -2.26. The normalized spacial score (nSPS) is 11.6. The predicted molar refractivity (Wildman–Crippen MR) is 75.6 cm³/mol. The number of carbonyl (C=O) groups is 1. The van der Waals surface area contributed by atoms with Gasteiger partial charge in [0.05, 0.1) is 22.6 Å². The Bertz CT molecular complexity index is 530. The molecule has 1 aromatic rings. The molecular formula is C13H18F3N3O2. The molecule has 0 heterocycles. The lowest BCUT2D eigenvalue weighted by molar-refractivity contribution is -0.137. The maximum atomic E-state index is 13.1. The van der Waals surface area contributed by atoms with Gasteiger partial charge in [0.15, 0.2) is 0 Å². The second kappa shape index (κ2) is 6.11. The summed E-state index contributed by atoms with van der Waals surface area (Å²) in [5, 5.41) is 10.7. The zero-order valence-corrected chi connectivity index (χ0v) is 12.0. The molecule has 0 unspecified atom stereocenters. The van der Waals surface area contributed by atoms with Crippen molar-refractivity contribution < 1.29 is 23.1 Å². The summed E-state index contributed by atoms with van der Waals surface area (Å²) in [5.41, 5.74) is 4.15. The van der Waals surface area contributed by atoms with Crippen molar-refractivity contribution in [1.29, 1.82) is 0 Å². The summed E-state index contributed by atoms with van der Waals surface area (Å²) < 4.78 is 39.3. The van der Waals surface area contributed by atoms with Crippen LogP contribution in [0.5, 0.6) is 0 Å². The van der Waals surface area contributed by atoms with Crippen LogP contribution in [0.3, 0.4) is 0 Å². The first-order chi connectivity index (χ1) is 9.52. The van der Waals surface area contributed by atoms with Gasteiger partial charge in [0, 0.05) is 13.6 Å². The number of nitrogens with one attached hydrogen (secondary N) is 1. The molecule has 1 rings (SSSR count). The van der Waals surface area contributed by atoms with Crippen molar-refractivity contribution in [3.05, 3.63) is 17.7 Å². The molecule has 4 N–H and O–H groups in total. The third-order valence-electron chi connectivity index (χ3n) is 2.77. The van der Waals surface area contributed by atoms with Crippen LogP contribution < -0.4 is 16.0 Å². The van der Waals surface area contributed by atoms with E-state index in [0.29, 0.717) is 6.54 Å². The van der Waals surface area contributed by atoms with Crippen molar-refractivity contribution in [2.24, 2.45) is 5.92 Å². The van der Waals surface area contributed by atoms with Crippen LogP contribution in [-0.4, -0.2) is 24.8 Å². The van der Waals surface area contributed by atoms with E-state index in [4.69, 9.17) is 10.8 Å². The van der Waals surface area contributed by atoms with Gasteiger partial charge in [0.25, 0.3) is 0 Å². The Morgan fingerprint density at radius 2 is 2.00 bits per heavy atom. The minimum absolute atomic E-state index is 0.0684. The van der Waals surface area contributed by atoms with Crippen molar-refractivity contribution in [2.75, 3.05) is 29.5 Å². The van der Waals surface area contributed by atoms with Crippen molar-refractivity contribution in [3.63, 3.8) is 0 Å². The molecule has 0 aliphatic carbocycles. The second-order valence-corrected chi connectivity index (χ2v) is 5.16. The monoisotopic (exact) mass is 305 g/mol. The minimum Gasteiger partial charge on any atom is -0.465 e. The fraction of sp³-hybridized carbons (Fsp3) is 0.462. The number of nitrogen functional groups attached to an aromatic ring is 1. The van der Waals surface area contributed by atoms with Crippen molar-refractivity contribution in [1.82, 2.24) is 0 Å². The third-order valence-corrected chi connectivity index (χ3v) is 2.77. The van der Waals surface area contributed by atoms with Gasteiger partial charge in [-0.25, -0.2) is 4.79 Å². The van der Waals surface area contributed by atoms with E-state index in [-0.39, 0.29) is 23.0 Å². The molecule has 0 fully saturated rings. The summed E-state index contributed by atoms with van der Waals surface area (Å²) in [5.74, 6) is 0.143. The highest BCUT2D eigenvalue weighted by Crippen LogP contribution is 2.40. The molecule has 0 aliphatic rings. The van der Waals surface area contributed by atoms with Crippen molar-refractivity contribution in [2.45, 2.75) is 20.0 Å². The Hall–Kier alpha value is -2.12. The Labute approximate surface area is 120 Å². The van der Waals surface area contributed by atoms with Gasteiger partial charge in [-0.05, 0) is 18.1 Å². The summed E-state index contributed by atoms with van der Waals surface area (Å²) in [6.45, 7) is 4.13. The Morgan fingerprint density at radius 1 is 1.43 bits per heavy atom. The molecule has 0 radical (unpaired) electrons. The lowest BCUT2D eigenvalue weighted by Crippen LogP contribution is -2.26. The number of amides is 1. The van der Waals surface area contributed by atoms with Gasteiger partial charge >= 0.3 is 12.3 Å². The van der Waals surface area contributed by atoms with Crippen LogP contribution in [0.2, 0.25) is 0 Å². The molecule has 8 heteroatoms. The summed E-state index contributed by atoms with van der Waals surface area (Å²) >= 11 is 0. The van der Waals surface area contributed by atoms with E-state index in [0.717, 1.165) is 12.1 Å². The van der Waals surface area contributed by atoms with Gasteiger partial charge in [-0.15, -0.1) is 0 Å². The molecule has 118 valence electrons. The molecule has 0 atom stereocenters. The number of halogens is 3. The van der Waals surface area contributed by atoms with E-state index < -0.39 is 17.8 Å². The lowest BCUT2D eigenvalue weighted by atomic mass is 10.1. The van der Waals surface area contributed by atoms with E-state index in [2.05, 4.69) is 0 Å². The van der Waals surface area contributed by atoms with Crippen LogP contribution in [0.4, 0.5) is 35.0 Å². The highest BCUT2D eigenvalue weighted by molar-refractivity contribution is 5.89. The van der Waals surface area contributed by atoms with Crippen LogP contribution in [0, 0.1) is 5.92 Å². The number of rotatable bonds is 4. The smallest absolute Gasteiger partial charge is 0.418 e. The second-order valence-electron chi connectivity index (χ2n) is 5.16. The van der Waals surface area contributed by atoms with Gasteiger partial charge in [-0.3, -0.25) is 5.32 Å². The molecule has 1 amide bonds. The standard InChI is InChI=1S/C13H18F3N3O2/c1-7(2)6-19(3)11-5-10(18-12(20)21)9(17)4-8(11)13(14,15)16/h4-5,7,18H,6,17H2,1-3H3,(H,20,21). The quantitative estimate of drug-likeness (QED) is 0.744. The molecule has 0 aliphatic heterocycles.